The van der Waals surface area contributed by atoms with Gasteiger partial charge in [0.15, 0.2) is 0 Å². The van der Waals surface area contributed by atoms with Crippen LogP contribution in [0.4, 0.5) is 0 Å². The number of aromatic nitrogens is 2. The lowest BCUT2D eigenvalue weighted by Crippen LogP contribution is -2.41. The summed E-state index contributed by atoms with van der Waals surface area (Å²) < 4.78 is 5.47. The highest BCUT2D eigenvalue weighted by Crippen LogP contribution is 2.27. The highest BCUT2D eigenvalue weighted by molar-refractivity contribution is 6.33. The predicted octanol–water partition coefficient (Wildman–Crippen LogP) is 5.82. The summed E-state index contributed by atoms with van der Waals surface area (Å²) in [7, 11) is 0. The first kappa shape index (κ1) is 24.2. The molecule has 7 heteroatoms. The van der Waals surface area contributed by atoms with Gasteiger partial charge >= 0.3 is 0 Å². The van der Waals surface area contributed by atoms with Crippen molar-refractivity contribution in [1.82, 2.24) is 20.4 Å². The van der Waals surface area contributed by atoms with Crippen molar-refractivity contribution in [2.24, 2.45) is 5.92 Å². The molecule has 1 atom stereocenters. The second-order valence-corrected chi connectivity index (χ2v) is 9.72. The second-order valence-electron chi connectivity index (χ2n) is 9.31. The lowest BCUT2D eigenvalue weighted by atomic mass is 9.93. The molecule has 1 aliphatic heterocycles. The number of piperidine rings is 1. The Morgan fingerprint density at radius 2 is 1.75 bits per heavy atom. The van der Waals surface area contributed by atoms with Crippen molar-refractivity contribution < 1.29 is 9.32 Å². The van der Waals surface area contributed by atoms with E-state index < -0.39 is 0 Å². The number of hydrogen-bond donors (Lipinski definition) is 1. The molecule has 5 rings (SSSR count). The Labute approximate surface area is 216 Å². The van der Waals surface area contributed by atoms with Gasteiger partial charge in [-0.05, 0) is 56.1 Å². The van der Waals surface area contributed by atoms with Gasteiger partial charge in [-0.15, -0.1) is 0 Å². The first-order valence-electron chi connectivity index (χ1n) is 12.3. The summed E-state index contributed by atoms with van der Waals surface area (Å²) >= 11 is 6.26. The Kier molecular flexibility index (Phi) is 7.44. The fraction of sp³-hybridized carbons (Fsp3) is 0.276. The fourth-order valence-electron chi connectivity index (χ4n) is 4.73. The molecule has 1 saturated heterocycles. The van der Waals surface area contributed by atoms with Crippen LogP contribution in [0.3, 0.4) is 0 Å². The number of hydrogen-bond acceptors (Lipinski definition) is 5. The SMILES string of the molecule is Cc1cccc(C(NC(=O)C2CCN(Cc3nc(-c4ccccc4Cl)no3)CC2)c2ccccc2)c1. The molecule has 0 spiro atoms. The topological polar surface area (TPSA) is 71.3 Å². The number of benzene rings is 3. The van der Waals surface area contributed by atoms with E-state index in [1.807, 2.05) is 48.5 Å². The molecule has 1 fully saturated rings. The molecule has 1 aliphatic rings. The first-order chi connectivity index (χ1) is 17.6. The number of halogens is 1. The van der Waals surface area contributed by atoms with Crippen LogP contribution >= 0.6 is 11.6 Å². The molecule has 1 N–H and O–H groups in total. The van der Waals surface area contributed by atoms with Crippen LogP contribution in [0.5, 0.6) is 0 Å². The molecular formula is C29H29ClN4O2. The van der Waals surface area contributed by atoms with Gasteiger partial charge in [-0.3, -0.25) is 9.69 Å². The summed E-state index contributed by atoms with van der Waals surface area (Å²) in [4.78, 5) is 20.1. The summed E-state index contributed by atoms with van der Waals surface area (Å²) in [6, 6.07) is 25.8. The number of carbonyl (C=O) groups is 1. The normalized spacial score (nSPS) is 15.5. The van der Waals surface area contributed by atoms with Crippen molar-refractivity contribution in [2.45, 2.75) is 32.4 Å². The van der Waals surface area contributed by atoms with E-state index in [0.29, 0.717) is 23.3 Å². The van der Waals surface area contributed by atoms with Crippen LogP contribution in [0.15, 0.2) is 83.4 Å². The summed E-state index contributed by atoms with van der Waals surface area (Å²) in [6.45, 7) is 4.22. The molecule has 36 heavy (non-hydrogen) atoms. The first-order valence-corrected chi connectivity index (χ1v) is 12.7. The Balaban J connectivity index is 1.20. The highest BCUT2D eigenvalue weighted by atomic mass is 35.5. The van der Waals surface area contributed by atoms with Gasteiger partial charge in [0.2, 0.25) is 17.6 Å². The smallest absolute Gasteiger partial charge is 0.241 e. The van der Waals surface area contributed by atoms with Crippen molar-refractivity contribution in [2.75, 3.05) is 13.1 Å². The number of aryl methyl sites for hydroxylation is 1. The molecule has 0 aliphatic carbocycles. The zero-order valence-electron chi connectivity index (χ0n) is 20.2. The van der Waals surface area contributed by atoms with Crippen LogP contribution in [0.1, 0.15) is 41.5 Å². The van der Waals surface area contributed by atoms with Crippen molar-refractivity contribution in [3.63, 3.8) is 0 Å². The van der Waals surface area contributed by atoms with Crippen molar-refractivity contribution in [3.8, 4) is 11.4 Å². The van der Waals surface area contributed by atoms with Gasteiger partial charge in [-0.1, -0.05) is 89.1 Å². The number of rotatable bonds is 7. The Morgan fingerprint density at radius 1 is 1.03 bits per heavy atom. The van der Waals surface area contributed by atoms with Crippen LogP contribution in [-0.4, -0.2) is 34.0 Å². The summed E-state index contributed by atoms with van der Waals surface area (Å²) in [6.07, 6.45) is 1.57. The average molecular weight is 501 g/mol. The largest absolute Gasteiger partial charge is 0.345 e. The van der Waals surface area contributed by atoms with E-state index in [-0.39, 0.29) is 17.9 Å². The van der Waals surface area contributed by atoms with Gasteiger partial charge in [0, 0.05) is 11.5 Å². The standard InChI is InChI=1S/C29H29ClN4O2/c1-20-8-7-11-23(18-20)27(21-9-3-2-4-10-21)32-29(35)22-14-16-34(17-15-22)19-26-31-28(33-36-26)24-12-5-6-13-25(24)30/h2-13,18,22,27H,14-17,19H2,1H3,(H,32,35). The number of amides is 1. The van der Waals surface area contributed by atoms with Gasteiger partial charge in [0.05, 0.1) is 17.6 Å². The summed E-state index contributed by atoms with van der Waals surface area (Å²) in [5, 5.41) is 8.01. The molecule has 0 bridgehead atoms. The maximum atomic E-state index is 13.3. The highest BCUT2D eigenvalue weighted by Gasteiger charge is 2.28. The molecule has 1 unspecified atom stereocenters. The Bertz CT molecular complexity index is 1320. The molecule has 3 aromatic carbocycles. The minimum absolute atomic E-state index is 0.0290. The van der Waals surface area contributed by atoms with Gasteiger partial charge < -0.3 is 9.84 Å². The molecular weight excluding hydrogens is 472 g/mol. The monoisotopic (exact) mass is 500 g/mol. The Hall–Kier alpha value is -3.48. The van der Waals surface area contributed by atoms with Gasteiger partial charge in [-0.25, -0.2) is 0 Å². The van der Waals surface area contributed by atoms with Gasteiger partial charge in [0.25, 0.3) is 0 Å². The van der Waals surface area contributed by atoms with Crippen LogP contribution in [0, 0.1) is 12.8 Å². The minimum Gasteiger partial charge on any atom is -0.345 e. The van der Waals surface area contributed by atoms with E-state index in [1.165, 1.54) is 5.56 Å². The molecule has 4 aromatic rings. The lowest BCUT2D eigenvalue weighted by molar-refractivity contribution is -0.127. The minimum atomic E-state index is -0.168. The van der Waals surface area contributed by atoms with Crippen LogP contribution in [-0.2, 0) is 11.3 Å². The van der Waals surface area contributed by atoms with Gasteiger partial charge in [0.1, 0.15) is 0 Å². The van der Waals surface area contributed by atoms with E-state index in [0.717, 1.165) is 42.6 Å². The molecule has 6 nitrogen and oxygen atoms in total. The zero-order valence-corrected chi connectivity index (χ0v) is 21.0. The van der Waals surface area contributed by atoms with Gasteiger partial charge in [-0.2, -0.15) is 4.98 Å². The maximum absolute atomic E-state index is 13.3. The van der Waals surface area contributed by atoms with Crippen molar-refractivity contribution in [3.05, 3.63) is 106 Å². The third-order valence-corrected chi connectivity index (χ3v) is 7.02. The number of carbonyl (C=O) groups excluding carboxylic acids is 1. The zero-order chi connectivity index (χ0) is 24.9. The molecule has 184 valence electrons. The second kappa shape index (κ2) is 11.1. The third kappa shape index (κ3) is 5.66. The molecule has 0 saturated carbocycles. The van der Waals surface area contributed by atoms with Crippen molar-refractivity contribution in [1.29, 1.82) is 0 Å². The predicted molar refractivity (Wildman–Crippen MR) is 140 cm³/mol. The van der Waals surface area contributed by atoms with Crippen molar-refractivity contribution >= 4 is 17.5 Å². The van der Waals surface area contributed by atoms with Crippen LogP contribution < -0.4 is 5.32 Å². The Morgan fingerprint density at radius 3 is 2.50 bits per heavy atom. The van der Waals surface area contributed by atoms with Crippen LogP contribution in [0.2, 0.25) is 5.02 Å². The third-order valence-electron chi connectivity index (χ3n) is 6.70. The molecule has 1 amide bonds. The quantitative estimate of drug-likeness (QED) is 0.346. The maximum Gasteiger partial charge on any atom is 0.241 e. The van der Waals surface area contributed by atoms with E-state index in [2.05, 4.69) is 57.6 Å². The molecule has 1 aromatic heterocycles. The number of likely N-dealkylation sites (tertiary alicyclic amines) is 1. The number of nitrogens with one attached hydrogen (secondary N) is 1. The number of nitrogens with zero attached hydrogens (tertiary/aromatic N) is 3. The fourth-order valence-corrected chi connectivity index (χ4v) is 4.95. The van der Waals surface area contributed by atoms with E-state index in [4.69, 9.17) is 16.1 Å². The van der Waals surface area contributed by atoms with E-state index in [1.54, 1.807) is 0 Å². The lowest BCUT2D eigenvalue weighted by Gasteiger charge is -2.31. The average Bonchev–Trinajstić information content (AvgIpc) is 3.36. The van der Waals surface area contributed by atoms with Crippen LogP contribution in [0.25, 0.3) is 11.4 Å². The summed E-state index contributed by atoms with van der Waals surface area (Å²) in [5.41, 5.74) is 4.11. The summed E-state index contributed by atoms with van der Waals surface area (Å²) in [5.74, 6) is 1.12. The molecule has 0 radical (unpaired) electrons. The van der Waals surface area contributed by atoms with E-state index in [9.17, 15) is 4.79 Å². The molecule has 2 heterocycles. The van der Waals surface area contributed by atoms with E-state index >= 15 is 0 Å².